The molecule has 0 bridgehead atoms. The zero-order chi connectivity index (χ0) is 62.0. The fourth-order valence-electron chi connectivity index (χ4n) is 13.1. The lowest BCUT2D eigenvalue weighted by Crippen LogP contribution is -2.58. The smallest absolute Gasteiger partial charge is 0.345 e. The zero-order valence-corrected chi connectivity index (χ0v) is 52.2. The number of hydrogen-bond acceptors (Lipinski definition) is 15. The normalized spacial score (nSPS) is 17.4. The molecular weight excluding hydrogens is 1100 g/mol. The molecule has 0 spiro atoms. The van der Waals surface area contributed by atoms with Crippen molar-refractivity contribution in [2.75, 3.05) is 17.2 Å². The third-order valence-electron chi connectivity index (χ3n) is 16.9. The zero-order valence-electron chi connectivity index (χ0n) is 50.6. The van der Waals surface area contributed by atoms with Crippen LogP contribution >= 0.6 is 0 Å². The summed E-state index contributed by atoms with van der Waals surface area (Å²) in [5.41, 5.74) is 5.50. The van der Waals surface area contributed by atoms with Crippen molar-refractivity contribution in [3.05, 3.63) is 155 Å². The van der Waals surface area contributed by atoms with E-state index in [4.69, 9.17) is 4.74 Å². The minimum atomic E-state index is -5.29. The molecule has 2 aliphatic heterocycles. The number of carbonyl (C=O) groups is 4. The SMILES string of the molecule is CCOC(=O)c1cc([C+](c2ccc(Nc3c(C)cc(C)c(CC(=O)C4CC(C)(C)N([O-])C(C)(C)C4)c3C)c(C(C)=O)c2)c2ccc(S(=O)(=O)O)cc2S(=O)(=O)O)ccc1Nc1c(C)cc(C)c(CC(=O)C2CC(C)(C)N([O-])C(C)(C)C2)c1C. The Morgan fingerprint density at radius 1 is 0.590 bits per heavy atom. The van der Waals surface area contributed by atoms with Gasteiger partial charge in [-0.25, -0.2) is 4.79 Å². The molecule has 4 N–H and O–H groups in total. The quantitative estimate of drug-likeness (QED) is 0.0209. The number of nitrogens with one attached hydrogen (secondary N) is 2. The first-order valence-electron chi connectivity index (χ1n) is 27.9. The van der Waals surface area contributed by atoms with Crippen LogP contribution in [-0.2, 0) is 47.4 Å². The lowest BCUT2D eigenvalue weighted by Gasteiger charge is -2.59. The van der Waals surface area contributed by atoms with Gasteiger partial charge in [0, 0.05) is 76.4 Å². The Bertz CT molecular complexity index is 3640. The highest BCUT2D eigenvalue weighted by Crippen LogP contribution is 2.45. The number of Topliss-reactive ketones (excluding diaryl/α,β-unsaturated/α-hetero) is 3. The number of piperidine rings is 2. The number of ketones is 3. The van der Waals surface area contributed by atoms with Crippen LogP contribution < -0.4 is 10.6 Å². The van der Waals surface area contributed by atoms with Crippen LogP contribution in [0, 0.1) is 69.7 Å². The van der Waals surface area contributed by atoms with E-state index in [0.717, 1.165) is 66.8 Å². The molecule has 17 nitrogen and oxygen atoms in total. The molecule has 2 aliphatic rings. The summed E-state index contributed by atoms with van der Waals surface area (Å²) >= 11 is 0. The molecular formula is C64H79N4O13S2-. The Morgan fingerprint density at radius 3 is 1.36 bits per heavy atom. The number of benzene rings is 5. The molecule has 0 aromatic heterocycles. The van der Waals surface area contributed by atoms with Crippen molar-refractivity contribution in [1.82, 2.24) is 10.1 Å². The van der Waals surface area contributed by atoms with Gasteiger partial charge >= 0.3 is 16.1 Å². The summed E-state index contributed by atoms with van der Waals surface area (Å²) in [6.07, 6.45) is 1.83. The number of ether oxygens (including phenoxy) is 1. The second-order valence-corrected chi connectivity index (χ2v) is 28.2. The number of nitrogens with zero attached hydrogens (tertiary/aromatic N) is 2. The first kappa shape index (κ1) is 64.3. The lowest BCUT2D eigenvalue weighted by atomic mass is 9.72. The number of hydrogen-bond donors (Lipinski definition) is 4. The molecule has 0 aliphatic carbocycles. The van der Waals surface area contributed by atoms with E-state index in [9.17, 15) is 55.5 Å². The summed E-state index contributed by atoms with van der Waals surface area (Å²) in [5.74, 6) is -1.88. The molecule has 5 aromatic carbocycles. The van der Waals surface area contributed by atoms with Crippen LogP contribution in [0.4, 0.5) is 22.7 Å². The van der Waals surface area contributed by atoms with E-state index in [-0.39, 0.29) is 82.3 Å². The Morgan fingerprint density at radius 2 is 0.988 bits per heavy atom. The topological polar surface area (TPSA) is 263 Å². The largest absolute Gasteiger partial charge is 0.784 e. The third-order valence-corrected chi connectivity index (χ3v) is 18.6. The van der Waals surface area contributed by atoms with Crippen molar-refractivity contribution in [3.63, 3.8) is 0 Å². The van der Waals surface area contributed by atoms with Crippen molar-refractivity contribution in [2.45, 2.75) is 181 Å². The van der Waals surface area contributed by atoms with E-state index in [1.807, 2.05) is 109 Å². The number of hydroxylamine groups is 4. The average molecular weight is 1180 g/mol. The third kappa shape index (κ3) is 13.3. The van der Waals surface area contributed by atoms with E-state index < -0.39 is 63.9 Å². The monoisotopic (exact) mass is 1180 g/mol. The van der Waals surface area contributed by atoms with Crippen LogP contribution in [0.3, 0.4) is 0 Å². The molecule has 7 rings (SSSR count). The number of esters is 1. The van der Waals surface area contributed by atoms with Gasteiger partial charge in [-0.3, -0.25) is 23.5 Å². The maximum Gasteiger partial charge on any atom is 0.345 e. The van der Waals surface area contributed by atoms with E-state index in [0.29, 0.717) is 48.8 Å². The van der Waals surface area contributed by atoms with E-state index in [1.54, 1.807) is 31.2 Å². The molecule has 0 saturated carbocycles. The van der Waals surface area contributed by atoms with E-state index in [2.05, 4.69) is 10.6 Å². The van der Waals surface area contributed by atoms with Crippen molar-refractivity contribution in [3.8, 4) is 0 Å². The molecule has 2 heterocycles. The van der Waals surface area contributed by atoms with Crippen LogP contribution in [0.25, 0.3) is 0 Å². The van der Waals surface area contributed by atoms with Gasteiger partial charge in [0.05, 0.1) is 46.2 Å². The second kappa shape index (κ2) is 23.3. The van der Waals surface area contributed by atoms with Gasteiger partial charge in [-0.15, -0.1) is 0 Å². The number of carbonyl (C=O) groups excluding carboxylic acids is 4. The fourth-order valence-corrected chi connectivity index (χ4v) is 14.4. The van der Waals surface area contributed by atoms with Crippen molar-refractivity contribution in [2.24, 2.45) is 11.8 Å². The first-order valence-corrected chi connectivity index (χ1v) is 30.8. The van der Waals surface area contributed by atoms with Gasteiger partial charge in [-0.1, -0.05) is 12.1 Å². The van der Waals surface area contributed by atoms with Crippen molar-refractivity contribution in [1.29, 1.82) is 0 Å². The molecule has 446 valence electrons. The van der Waals surface area contributed by atoms with Crippen LogP contribution in [0.5, 0.6) is 0 Å². The summed E-state index contributed by atoms with van der Waals surface area (Å²) in [7, 11) is -10.3. The van der Waals surface area contributed by atoms with Gasteiger partial charge < -0.3 is 35.9 Å². The summed E-state index contributed by atoms with van der Waals surface area (Å²) in [4.78, 5) is 54.8. The average Bonchev–Trinajstić information content (AvgIpc) is 2.76. The molecule has 0 amide bonds. The summed E-state index contributed by atoms with van der Waals surface area (Å²) in [6.45, 7) is 29.2. The molecule has 2 fully saturated rings. The number of rotatable bonds is 18. The van der Waals surface area contributed by atoms with Crippen LogP contribution in [0.2, 0.25) is 0 Å². The first-order chi connectivity index (χ1) is 38.2. The van der Waals surface area contributed by atoms with Crippen LogP contribution in [0.15, 0.2) is 76.5 Å². The Labute approximate surface area is 489 Å². The predicted octanol–water partition coefficient (Wildman–Crippen LogP) is 12.7. The molecule has 0 unspecified atom stereocenters. The minimum absolute atomic E-state index is 0.00650. The van der Waals surface area contributed by atoms with E-state index >= 15 is 0 Å². The van der Waals surface area contributed by atoms with Gasteiger partial charge in [0.15, 0.2) is 5.78 Å². The second-order valence-electron chi connectivity index (χ2n) is 25.3. The number of aryl methyl sites for hydroxylation is 4. The van der Waals surface area contributed by atoms with Crippen molar-refractivity contribution < 1.29 is 49.9 Å². The predicted molar refractivity (Wildman–Crippen MR) is 323 cm³/mol. The highest BCUT2D eigenvalue weighted by Gasteiger charge is 2.44. The van der Waals surface area contributed by atoms with Gasteiger partial charge in [0.25, 0.3) is 10.1 Å². The van der Waals surface area contributed by atoms with Crippen molar-refractivity contribution >= 4 is 66.3 Å². The summed E-state index contributed by atoms with van der Waals surface area (Å²) in [6, 6.07) is 15.9. The van der Waals surface area contributed by atoms with E-state index in [1.165, 1.54) is 19.1 Å². The molecule has 0 radical (unpaired) electrons. The lowest BCUT2D eigenvalue weighted by molar-refractivity contribution is -0.129. The maximum atomic E-state index is 14.2. The van der Waals surface area contributed by atoms with Crippen LogP contribution in [-0.4, -0.2) is 88.1 Å². The highest BCUT2D eigenvalue weighted by atomic mass is 32.2. The standard InChI is InChI=1S/C64H79N4O13S2/c1-17-81-60(72)51-27-43(19-23-53(51)66-59-38(5)25-36(3)49(40(59)7)30-55(71)45-33-63(13,14)68(74)64(15,16)34-45)57(47-21-20-46(82(75,76)77)28-56(47)83(78,79)80)42-18-22-52(50(26-42)41(8)69)65-58-37(4)24-35(2)48(39(58)6)29-54(70)44-31-61(9,10)67(73)62(11,12)32-44/h18-28,44-45,65-66H,17,29-34H2,1-16H3,(H,75,76,77)(H,78,79,80)/q-1. The maximum absolute atomic E-state index is 14.2. The van der Waals surface area contributed by atoms with Gasteiger partial charge in [-0.05, 0) is 217 Å². The molecule has 2 saturated heterocycles. The van der Waals surface area contributed by atoms with Crippen LogP contribution in [0.1, 0.15) is 177 Å². The summed E-state index contributed by atoms with van der Waals surface area (Å²) < 4.78 is 78.1. The molecule has 19 heteroatoms. The fraction of sp³-hybridized carbons (Fsp3) is 0.453. The highest BCUT2D eigenvalue weighted by molar-refractivity contribution is 7.86. The molecule has 0 atom stereocenters. The molecule has 5 aromatic rings. The van der Waals surface area contributed by atoms with Gasteiger partial charge in [-0.2, -0.15) is 16.8 Å². The molecule has 83 heavy (non-hydrogen) atoms. The van der Waals surface area contributed by atoms with Gasteiger partial charge in [0.2, 0.25) is 0 Å². The van der Waals surface area contributed by atoms with Gasteiger partial charge in [0.1, 0.15) is 26.9 Å². The summed E-state index contributed by atoms with van der Waals surface area (Å²) in [5, 5.41) is 35.4. The Hall–Kier alpha value is -6.29. The minimum Gasteiger partial charge on any atom is -0.784 e. The Kier molecular flexibility index (Phi) is 18.0. The number of anilines is 4. The Balaban J connectivity index is 1.34.